The van der Waals surface area contributed by atoms with E-state index in [1.807, 2.05) is 42.6 Å². The average Bonchev–Trinajstić information content (AvgIpc) is 3.73. The predicted octanol–water partition coefficient (Wildman–Crippen LogP) is 2.60. The maximum Gasteiger partial charge on any atom is 0.414 e. The molecule has 2 saturated heterocycles. The number of benzene rings is 2. The van der Waals surface area contributed by atoms with E-state index in [2.05, 4.69) is 30.5 Å². The van der Waals surface area contributed by atoms with Crippen LogP contribution in [0.15, 0.2) is 60.0 Å². The van der Waals surface area contributed by atoms with Crippen LogP contribution in [0.4, 0.5) is 16.2 Å². The minimum Gasteiger partial charge on any atom is -0.497 e. The summed E-state index contributed by atoms with van der Waals surface area (Å²) in [4.78, 5) is 38.2. The molecule has 0 bridgehead atoms. The lowest BCUT2D eigenvalue weighted by atomic mass is 10.2. The third-order valence-corrected chi connectivity index (χ3v) is 8.48. The van der Waals surface area contributed by atoms with Crippen molar-refractivity contribution in [2.24, 2.45) is 0 Å². The number of rotatable bonds is 7. The fourth-order valence-corrected chi connectivity index (χ4v) is 6.27. The summed E-state index contributed by atoms with van der Waals surface area (Å²) in [5.74, 6) is 1.48. The van der Waals surface area contributed by atoms with Gasteiger partial charge in [0, 0.05) is 36.4 Å². The van der Waals surface area contributed by atoms with E-state index in [0.29, 0.717) is 54.9 Å². The van der Waals surface area contributed by atoms with Gasteiger partial charge in [-0.05, 0) is 36.4 Å². The number of methoxy groups -OCH3 is 1. The summed E-state index contributed by atoms with van der Waals surface area (Å²) in [7, 11) is 1.61. The smallest absolute Gasteiger partial charge is 0.414 e. The molecule has 0 aliphatic carbocycles. The molecule has 5 heterocycles. The van der Waals surface area contributed by atoms with Crippen molar-refractivity contribution < 1.29 is 23.8 Å². The van der Waals surface area contributed by atoms with Gasteiger partial charge in [-0.15, -0.1) is 16.9 Å². The zero-order valence-electron chi connectivity index (χ0n) is 22.0. The number of anilines is 2. The zero-order valence-corrected chi connectivity index (χ0v) is 22.9. The number of aromatic nitrogens is 5. The number of carbonyl (C=O) groups excluding carboxylic acids is 2. The minimum absolute atomic E-state index is 0.0524. The quantitative estimate of drug-likeness (QED) is 0.349. The number of carbonyl (C=O) groups is 2. The number of nitrogens with one attached hydrogen (secondary N) is 1. The minimum atomic E-state index is -0.411. The molecule has 7 rings (SSSR count). The van der Waals surface area contributed by atoms with Gasteiger partial charge in [0.2, 0.25) is 11.8 Å². The summed E-state index contributed by atoms with van der Waals surface area (Å²) in [6.45, 7) is 2.10. The lowest BCUT2D eigenvalue weighted by Gasteiger charge is -2.21. The van der Waals surface area contributed by atoms with Gasteiger partial charge in [0.1, 0.15) is 30.3 Å². The van der Waals surface area contributed by atoms with E-state index in [1.165, 1.54) is 18.1 Å². The SMILES string of the molecule is COc1ccc2ncnc(O[C@H]3CN(C[C@@H]4CN(c5ccc6c(c5)NC(=O)CS6)C(=O)O4)C[C@@H]3n3ccnn3)c2c1. The highest BCUT2D eigenvalue weighted by molar-refractivity contribution is 8.00. The third kappa shape index (κ3) is 5.00. The third-order valence-electron chi connectivity index (χ3n) is 7.41. The molecule has 14 heteroatoms. The molecule has 2 aromatic carbocycles. The highest BCUT2D eigenvalue weighted by atomic mass is 32.2. The van der Waals surface area contributed by atoms with Crippen LogP contribution in [0, 0.1) is 0 Å². The summed E-state index contributed by atoms with van der Waals surface area (Å²) in [5.41, 5.74) is 2.15. The summed E-state index contributed by atoms with van der Waals surface area (Å²) in [6, 6.07) is 11.1. The van der Waals surface area contributed by atoms with Crippen LogP contribution in [0.1, 0.15) is 6.04 Å². The van der Waals surface area contributed by atoms with E-state index in [-0.39, 0.29) is 24.2 Å². The van der Waals surface area contributed by atoms with Crippen LogP contribution in [0.2, 0.25) is 0 Å². The second-order valence-corrected chi connectivity index (χ2v) is 11.0. The fraction of sp³-hybridized carbons (Fsp3) is 0.333. The first-order chi connectivity index (χ1) is 20.0. The second kappa shape index (κ2) is 10.5. The highest BCUT2D eigenvalue weighted by Crippen LogP contribution is 2.36. The number of fused-ring (bicyclic) bond motifs is 2. The molecule has 2 fully saturated rings. The van der Waals surface area contributed by atoms with Gasteiger partial charge < -0.3 is 19.5 Å². The van der Waals surface area contributed by atoms with Crippen LogP contribution < -0.4 is 19.7 Å². The fourth-order valence-electron chi connectivity index (χ4n) is 5.48. The zero-order chi connectivity index (χ0) is 27.9. The van der Waals surface area contributed by atoms with Gasteiger partial charge in [0.05, 0.1) is 42.2 Å². The van der Waals surface area contributed by atoms with E-state index in [9.17, 15) is 9.59 Å². The van der Waals surface area contributed by atoms with E-state index in [1.54, 1.807) is 22.9 Å². The Kier molecular flexibility index (Phi) is 6.55. The van der Waals surface area contributed by atoms with Crippen molar-refractivity contribution in [1.82, 2.24) is 29.9 Å². The summed E-state index contributed by atoms with van der Waals surface area (Å²) in [5, 5.41) is 11.9. The molecule has 2 amide bonds. The van der Waals surface area contributed by atoms with E-state index < -0.39 is 6.09 Å². The standard InChI is InChI=1S/C27H26N8O5S/c1-38-17-3-4-20-19(9-17)26(29-15-28-20)40-23-13-33(12-22(23)35-7-6-30-32-35)10-18-11-34(27(37)39-18)16-2-5-24-21(8-16)31-25(36)14-41-24/h2-9,15,18,22-23H,10-14H2,1H3,(H,31,36)/t18-,22+,23+/m1/s1. The molecule has 3 aliphatic heterocycles. The number of hydrogen-bond acceptors (Lipinski definition) is 11. The van der Waals surface area contributed by atoms with Gasteiger partial charge in [0.25, 0.3) is 0 Å². The molecule has 0 unspecified atom stereocenters. The molecule has 13 nitrogen and oxygen atoms in total. The first-order valence-corrected chi connectivity index (χ1v) is 14.1. The Morgan fingerprint density at radius 2 is 2.05 bits per heavy atom. The van der Waals surface area contributed by atoms with Crippen molar-refractivity contribution in [3.8, 4) is 11.6 Å². The molecule has 2 aromatic heterocycles. The van der Waals surface area contributed by atoms with Crippen LogP contribution in [-0.4, -0.2) is 93.1 Å². The van der Waals surface area contributed by atoms with Crippen molar-refractivity contribution in [3.05, 3.63) is 55.1 Å². The molecule has 0 spiro atoms. The van der Waals surface area contributed by atoms with Crippen LogP contribution in [0.25, 0.3) is 10.9 Å². The second-order valence-electron chi connectivity index (χ2n) is 10.0. The van der Waals surface area contributed by atoms with Crippen LogP contribution >= 0.6 is 11.8 Å². The highest BCUT2D eigenvalue weighted by Gasteiger charge is 2.41. The summed E-state index contributed by atoms with van der Waals surface area (Å²) in [6.07, 6.45) is 3.89. The summed E-state index contributed by atoms with van der Waals surface area (Å²) >= 11 is 1.48. The molecule has 1 N–H and O–H groups in total. The molecule has 0 saturated carbocycles. The Morgan fingerprint density at radius 3 is 2.90 bits per heavy atom. The largest absolute Gasteiger partial charge is 0.497 e. The molecule has 210 valence electrons. The first kappa shape index (κ1) is 25.5. The Labute approximate surface area is 238 Å². The van der Waals surface area contributed by atoms with Gasteiger partial charge in [-0.3, -0.25) is 14.6 Å². The predicted molar refractivity (Wildman–Crippen MR) is 149 cm³/mol. The van der Waals surface area contributed by atoms with E-state index in [0.717, 1.165) is 15.8 Å². The summed E-state index contributed by atoms with van der Waals surface area (Å²) < 4.78 is 19.4. The first-order valence-electron chi connectivity index (χ1n) is 13.1. The number of amides is 2. The normalized spacial score (nSPS) is 22.5. The van der Waals surface area contributed by atoms with Crippen LogP contribution in [0.5, 0.6) is 11.6 Å². The van der Waals surface area contributed by atoms with E-state index >= 15 is 0 Å². The van der Waals surface area contributed by atoms with E-state index in [4.69, 9.17) is 14.2 Å². The van der Waals surface area contributed by atoms with Gasteiger partial charge >= 0.3 is 6.09 Å². The number of likely N-dealkylation sites (tertiary alicyclic amines) is 1. The average molecular weight is 575 g/mol. The van der Waals surface area contributed by atoms with Crippen LogP contribution in [-0.2, 0) is 9.53 Å². The molecule has 3 atom stereocenters. The number of cyclic esters (lactones) is 1. The van der Waals surface area contributed by atoms with Gasteiger partial charge in [-0.25, -0.2) is 19.4 Å². The maximum absolute atomic E-state index is 12.8. The maximum atomic E-state index is 12.8. The van der Waals surface area contributed by atoms with Gasteiger partial charge in [0.15, 0.2) is 0 Å². The molecular formula is C27H26N8O5S. The molecule has 4 aromatic rings. The monoisotopic (exact) mass is 574 g/mol. The Hall–Kier alpha value is -4.43. The topological polar surface area (TPSA) is 137 Å². The Morgan fingerprint density at radius 1 is 1.12 bits per heavy atom. The van der Waals surface area contributed by atoms with Crippen molar-refractivity contribution in [1.29, 1.82) is 0 Å². The van der Waals surface area contributed by atoms with Crippen molar-refractivity contribution in [2.45, 2.75) is 23.1 Å². The number of nitrogens with zero attached hydrogens (tertiary/aromatic N) is 7. The molecule has 41 heavy (non-hydrogen) atoms. The molecular weight excluding hydrogens is 548 g/mol. The lowest BCUT2D eigenvalue weighted by Crippen LogP contribution is -2.34. The number of thioether (sulfide) groups is 1. The van der Waals surface area contributed by atoms with Crippen LogP contribution in [0.3, 0.4) is 0 Å². The van der Waals surface area contributed by atoms with Gasteiger partial charge in [-0.2, -0.15) is 0 Å². The van der Waals surface area contributed by atoms with Gasteiger partial charge in [-0.1, -0.05) is 5.21 Å². The van der Waals surface area contributed by atoms with Crippen molar-refractivity contribution in [3.63, 3.8) is 0 Å². The lowest BCUT2D eigenvalue weighted by molar-refractivity contribution is -0.113. The Bertz CT molecular complexity index is 1620. The van der Waals surface area contributed by atoms with Crippen molar-refractivity contribution >= 4 is 46.0 Å². The Balaban J connectivity index is 1.08. The van der Waals surface area contributed by atoms with Crippen molar-refractivity contribution in [2.75, 3.05) is 49.3 Å². The molecule has 3 aliphatic rings. The number of ether oxygens (including phenoxy) is 3. The molecule has 0 radical (unpaired) electrons. The number of hydrogen-bond donors (Lipinski definition) is 1.